The quantitative estimate of drug-likeness (QED) is 0.869. The van der Waals surface area contributed by atoms with Crippen LogP contribution in [-0.4, -0.2) is 15.3 Å². The molecular weight excluding hydrogens is 282 g/mol. The van der Waals surface area contributed by atoms with Gasteiger partial charge in [0.05, 0.1) is 18.4 Å². The fourth-order valence-corrected chi connectivity index (χ4v) is 2.37. The molecule has 1 aliphatic carbocycles. The van der Waals surface area contributed by atoms with Crippen LogP contribution >= 0.6 is 15.9 Å². The first-order valence-electron chi connectivity index (χ1n) is 5.70. The lowest BCUT2D eigenvalue weighted by Gasteiger charge is -2.40. The molecule has 5 heteroatoms. The number of nitrogens with one attached hydrogen (secondary N) is 1. The summed E-state index contributed by atoms with van der Waals surface area (Å²) in [4.78, 5) is 11.9. The maximum atomic E-state index is 11.9. The first kappa shape index (κ1) is 12.4. The molecule has 0 spiro atoms. The number of hydrogen-bond acceptors (Lipinski definition) is 3. The number of rotatable bonds is 4. The first-order valence-corrected chi connectivity index (χ1v) is 6.50. The van der Waals surface area contributed by atoms with E-state index < -0.39 is 0 Å². The molecule has 4 nitrogen and oxygen atoms in total. The number of halogens is 1. The van der Waals surface area contributed by atoms with Crippen LogP contribution in [0, 0.1) is 0 Å². The van der Waals surface area contributed by atoms with Gasteiger partial charge in [-0.05, 0) is 42.1 Å². The van der Waals surface area contributed by atoms with Crippen LogP contribution in [0.25, 0.3) is 0 Å². The molecule has 1 aromatic heterocycles. The van der Waals surface area contributed by atoms with Crippen molar-refractivity contribution in [1.82, 2.24) is 9.78 Å². The predicted octanol–water partition coefficient (Wildman–Crippen LogP) is 2.55. The van der Waals surface area contributed by atoms with E-state index in [1.807, 2.05) is 0 Å². The van der Waals surface area contributed by atoms with Crippen molar-refractivity contribution in [3.05, 3.63) is 33.7 Å². The molecule has 1 fully saturated rings. The smallest absolute Gasteiger partial charge is 0.283 e. The number of aromatic nitrogens is 2. The molecule has 0 atom stereocenters. The van der Waals surface area contributed by atoms with E-state index in [0.717, 1.165) is 18.5 Å². The molecule has 0 bridgehead atoms. The second-order valence-corrected chi connectivity index (χ2v) is 5.48. The van der Waals surface area contributed by atoms with E-state index in [2.05, 4.69) is 39.8 Å². The zero-order valence-electron chi connectivity index (χ0n) is 9.87. The van der Waals surface area contributed by atoms with Crippen LogP contribution in [0.2, 0.25) is 0 Å². The number of anilines is 1. The van der Waals surface area contributed by atoms with E-state index in [1.165, 1.54) is 11.1 Å². The highest BCUT2D eigenvalue weighted by Crippen LogP contribution is 2.35. The molecular formula is C12H16BrN3O. The summed E-state index contributed by atoms with van der Waals surface area (Å²) in [6, 6.07) is 0. The molecule has 1 saturated carbocycles. The Morgan fingerprint density at radius 2 is 2.41 bits per heavy atom. The maximum absolute atomic E-state index is 11.9. The Labute approximate surface area is 109 Å². The van der Waals surface area contributed by atoms with Crippen molar-refractivity contribution in [3.63, 3.8) is 0 Å². The van der Waals surface area contributed by atoms with Crippen LogP contribution in [0.15, 0.2) is 28.1 Å². The molecule has 1 N–H and O–H groups in total. The van der Waals surface area contributed by atoms with Crippen molar-refractivity contribution < 1.29 is 0 Å². The van der Waals surface area contributed by atoms with Crippen LogP contribution in [-0.2, 0) is 6.54 Å². The highest BCUT2D eigenvalue weighted by Gasteiger charge is 2.32. The van der Waals surface area contributed by atoms with Crippen LogP contribution in [0.3, 0.4) is 0 Å². The third-order valence-corrected chi connectivity index (χ3v) is 3.95. The lowest BCUT2D eigenvalue weighted by Crippen LogP contribution is -2.42. The van der Waals surface area contributed by atoms with Crippen molar-refractivity contribution in [2.45, 2.75) is 38.3 Å². The Balaban J connectivity index is 2.27. The van der Waals surface area contributed by atoms with Gasteiger partial charge in [0.1, 0.15) is 4.47 Å². The highest BCUT2D eigenvalue weighted by molar-refractivity contribution is 9.10. The zero-order valence-corrected chi connectivity index (χ0v) is 11.5. The van der Waals surface area contributed by atoms with Gasteiger partial charge in [0.15, 0.2) is 0 Å². The SMILES string of the molecule is C=CCn1ncc(NC2(C)CCC2)c(Br)c1=O. The van der Waals surface area contributed by atoms with E-state index in [4.69, 9.17) is 0 Å². The molecule has 0 aliphatic heterocycles. The maximum Gasteiger partial charge on any atom is 0.283 e. The molecule has 17 heavy (non-hydrogen) atoms. The summed E-state index contributed by atoms with van der Waals surface area (Å²) in [6.07, 6.45) is 6.85. The van der Waals surface area contributed by atoms with Crippen molar-refractivity contribution in [1.29, 1.82) is 0 Å². The summed E-state index contributed by atoms with van der Waals surface area (Å²) in [7, 11) is 0. The lowest BCUT2D eigenvalue weighted by atomic mass is 9.78. The van der Waals surface area contributed by atoms with Gasteiger partial charge in [0.2, 0.25) is 0 Å². The fraction of sp³-hybridized carbons (Fsp3) is 0.500. The van der Waals surface area contributed by atoms with E-state index in [1.54, 1.807) is 12.3 Å². The predicted molar refractivity (Wildman–Crippen MR) is 72.3 cm³/mol. The first-order chi connectivity index (χ1) is 8.06. The summed E-state index contributed by atoms with van der Waals surface area (Å²) in [6.45, 7) is 6.19. The zero-order chi connectivity index (χ0) is 12.5. The summed E-state index contributed by atoms with van der Waals surface area (Å²) in [5.41, 5.74) is 0.761. The molecule has 0 amide bonds. The van der Waals surface area contributed by atoms with Gasteiger partial charge in [-0.1, -0.05) is 6.08 Å². The van der Waals surface area contributed by atoms with Gasteiger partial charge in [-0.25, -0.2) is 4.68 Å². The Bertz CT molecular complexity index is 491. The molecule has 2 rings (SSSR count). The van der Waals surface area contributed by atoms with Gasteiger partial charge in [-0.3, -0.25) is 4.79 Å². The Morgan fingerprint density at radius 1 is 1.71 bits per heavy atom. The van der Waals surface area contributed by atoms with Gasteiger partial charge < -0.3 is 5.32 Å². The molecule has 1 aliphatic rings. The average Bonchev–Trinajstić information content (AvgIpc) is 2.27. The van der Waals surface area contributed by atoms with Gasteiger partial charge >= 0.3 is 0 Å². The van der Waals surface area contributed by atoms with Crippen LogP contribution in [0.5, 0.6) is 0 Å². The third kappa shape index (κ3) is 2.44. The monoisotopic (exact) mass is 297 g/mol. The van der Waals surface area contributed by atoms with E-state index >= 15 is 0 Å². The molecule has 0 saturated heterocycles. The summed E-state index contributed by atoms with van der Waals surface area (Å²) in [5.74, 6) is 0. The summed E-state index contributed by atoms with van der Waals surface area (Å²) >= 11 is 3.34. The molecule has 0 radical (unpaired) electrons. The van der Waals surface area contributed by atoms with E-state index in [9.17, 15) is 4.79 Å². The molecule has 1 aromatic rings. The average molecular weight is 298 g/mol. The van der Waals surface area contributed by atoms with Gasteiger partial charge in [-0.15, -0.1) is 6.58 Å². The van der Waals surface area contributed by atoms with Crippen LogP contribution in [0.4, 0.5) is 5.69 Å². The third-order valence-electron chi connectivity index (χ3n) is 3.18. The van der Waals surface area contributed by atoms with Crippen molar-refractivity contribution >= 4 is 21.6 Å². The minimum absolute atomic E-state index is 0.112. The minimum atomic E-state index is -0.127. The standard InChI is InChI=1S/C12H16BrN3O/c1-3-7-16-11(17)10(13)9(8-14-16)15-12(2)5-4-6-12/h3,8,15H,1,4-7H2,2H3. The normalized spacial score (nSPS) is 17.3. The molecule has 1 heterocycles. The van der Waals surface area contributed by atoms with Gasteiger partial charge in [0.25, 0.3) is 5.56 Å². The minimum Gasteiger partial charge on any atom is -0.378 e. The summed E-state index contributed by atoms with van der Waals surface area (Å²) in [5, 5.41) is 7.50. The number of allylic oxidation sites excluding steroid dienone is 1. The Hall–Kier alpha value is -1.10. The summed E-state index contributed by atoms with van der Waals surface area (Å²) < 4.78 is 1.92. The lowest BCUT2D eigenvalue weighted by molar-refractivity contribution is 0.306. The number of hydrogen-bond donors (Lipinski definition) is 1. The van der Waals surface area contributed by atoms with Crippen molar-refractivity contribution in [3.8, 4) is 0 Å². The van der Waals surface area contributed by atoms with Crippen molar-refractivity contribution in [2.24, 2.45) is 0 Å². The molecule has 0 unspecified atom stereocenters. The largest absolute Gasteiger partial charge is 0.378 e. The Kier molecular flexibility index (Phi) is 3.38. The fourth-order valence-electron chi connectivity index (χ4n) is 1.96. The second-order valence-electron chi connectivity index (χ2n) is 4.69. The van der Waals surface area contributed by atoms with Crippen LogP contribution < -0.4 is 10.9 Å². The van der Waals surface area contributed by atoms with Crippen LogP contribution in [0.1, 0.15) is 26.2 Å². The highest BCUT2D eigenvalue weighted by atomic mass is 79.9. The van der Waals surface area contributed by atoms with Crippen molar-refractivity contribution in [2.75, 3.05) is 5.32 Å². The van der Waals surface area contributed by atoms with Gasteiger partial charge in [0, 0.05) is 5.54 Å². The Morgan fingerprint density at radius 3 is 2.94 bits per heavy atom. The van der Waals surface area contributed by atoms with E-state index in [0.29, 0.717) is 11.0 Å². The molecule has 92 valence electrons. The van der Waals surface area contributed by atoms with Gasteiger partial charge in [-0.2, -0.15) is 5.10 Å². The second kappa shape index (κ2) is 4.64. The number of nitrogens with zero attached hydrogens (tertiary/aromatic N) is 2. The topological polar surface area (TPSA) is 46.9 Å². The molecule has 0 aromatic carbocycles. The van der Waals surface area contributed by atoms with E-state index in [-0.39, 0.29) is 11.1 Å².